The molecule has 0 saturated carbocycles. The lowest BCUT2D eigenvalue weighted by atomic mass is 10.1. The fourth-order valence-electron chi connectivity index (χ4n) is 4.24. The number of amides is 1. The van der Waals surface area contributed by atoms with Gasteiger partial charge >= 0.3 is 0 Å². The van der Waals surface area contributed by atoms with Gasteiger partial charge in [-0.2, -0.15) is 15.1 Å². The van der Waals surface area contributed by atoms with Gasteiger partial charge in [0.15, 0.2) is 5.84 Å². The molecule has 0 saturated heterocycles. The maximum absolute atomic E-state index is 12.9. The summed E-state index contributed by atoms with van der Waals surface area (Å²) in [6.07, 6.45) is 3.67. The quantitative estimate of drug-likeness (QED) is 0.576. The molecule has 4 rings (SSSR count). The lowest BCUT2D eigenvalue weighted by molar-refractivity contribution is -0.114. The van der Waals surface area contributed by atoms with E-state index in [-0.39, 0.29) is 11.4 Å². The van der Waals surface area contributed by atoms with Gasteiger partial charge in [-0.1, -0.05) is 19.9 Å². The predicted octanol–water partition coefficient (Wildman–Crippen LogP) is 5.47. The van der Waals surface area contributed by atoms with Gasteiger partial charge in [0.1, 0.15) is 10.8 Å². The minimum absolute atomic E-state index is 0.0661. The van der Waals surface area contributed by atoms with E-state index in [1.54, 1.807) is 13.2 Å². The van der Waals surface area contributed by atoms with Crippen molar-refractivity contribution in [1.82, 2.24) is 9.58 Å². The number of benzene rings is 1. The molecule has 1 aromatic heterocycles. The maximum atomic E-state index is 12.9. The highest BCUT2D eigenvalue weighted by Gasteiger charge is 2.37. The molecule has 2 aliphatic rings. The normalized spacial score (nSPS) is 17.1. The van der Waals surface area contributed by atoms with Crippen LogP contribution in [-0.2, 0) is 4.79 Å². The second-order valence-electron chi connectivity index (χ2n) is 8.31. The van der Waals surface area contributed by atoms with Gasteiger partial charge in [-0.05, 0) is 80.8 Å². The van der Waals surface area contributed by atoms with E-state index in [2.05, 4.69) is 34.6 Å². The zero-order chi connectivity index (χ0) is 23.9. The number of hydrogen-bond acceptors (Lipinski definition) is 5. The molecule has 0 unspecified atom stereocenters. The Bertz CT molecular complexity index is 1230. The molecule has 0 fully saturated rings. The van der Waals surface area contributed by atoms with E-state index in [0.29, 0.717) is 11.1 Å². The lowest BCUT2D eigenvalue weighted by Gasteiger charge is -2.20. The van der Waals surface area contributed by atoms with Crippen molar-refractivity contribution in [3.63, 3.8) is 0 Å². The fraction of sp³-hybridized carbons (Fsp3) is 0.360. The second-order valence-corrected chi connectivity index (χ2v) is 9.30. The van der Waals surface area contributed by atoms with Gasteiger partial charge in [-0.15, -0.1) is 0 Å². The largest absolute Gasteiger partial charge is 0.495 e. The molecule has 8 heteroatoms. The van der Waals surface area contributed by atoms with Crippen molar-refractivity contribution in [1.29, 1.82) is 5.41 Å². The lowest BCUT2D eigenvalue weighted by Crippen LogP contribution is -2.35. The van der Waals surface area contributed by atoms with Gasteiger partial charge in [0.2, 0.25) is 5.17 Å². The molecule has 0 spiro atoms. The molecular weight excluding hydrogens is 434 g/mol. The molecule has 1 aromatic carbocycles. The molecule has 172 valence electrons. The Morgan fingerprint density at radius 2 is 1.91 bits per heavy atom. The highest BCUT2D eigenvalue weighted by molar-refractivity contribution is 8.27. The standard InChI is InChI=1S/C25H29N5O2S/c1-7-17(8-2)24-28-30-22(26)19(23(31)27-25(30)33-24)13-18-12-15(4)29(16(18)5)20-11-14(3)9-10-21(20)32-6/h9-13,17,26H,7-8H2,1-6H3/b19-13-,26-22?. The third kappa shape index (κ3) is 4.04. The van der Waals surface area contributed by atoms with Crippen molar-refractivity contribution in [3.05, 3.63) is 52.4 Å². The first-order chi connectivity index (χ1) is 15.8. The summed E-state index contributed by atoms with van der Waals surface area (Å²) in [5.74, 6) is 0.741. The van der Waals surface area contributed by atoms with E-state index in [1.165, 1.54) is 16.8 Å². The number of aromatic nitrogens is 1. The number of hydrogen-bond donors (Lipinski definition) is 1. The van der Waals surface area contributed by atoms with E-state index < -0.39 is 5.91 Å². The Hall–Kier alpha value is -3.13. The maximum Gasteiger partial charge on any atom is 0.283 e. The number of thioether (sulfide) groups is 1. The molecule has 0 atom stereocenters. The van der Waals surface area contributed by atoms with Crippen LogP contribution in [0.5, 0.6) is 5.75 Å². The van der Waals surface area contributed by atoms with Gasteiger partial charge in [0, 0.05) is 17.3 Å². The zero-order valence-corrected chi connectivity index (χ0v) is 20.7. The van der Waals surface area contributed by atoms with Crippen molar-refractivity contribution in [3.8, 4) is 11.4 Å². The van der Waals surface area contributed by atoms with Crippen molar-refractivity contribution < 1.29 is 9.53 Å². The summed E-state index contributed by atoms with van der Waals surface area (Å²) < 4.78 is 7.70. The van der Waals surface area contributed by atoms with Gasteiger partial charge in [0.25, 0.3) is 5.91 Å². The van der Waals surface area contributed by atoms with Gasteiger partial charge in [-0.25, -0.2) is 0 Å². The fourth-order valence-corrected chi connectivity index (χ4v) is 5.40. The van der Waals surface area contributed by atoms with Crippen LogP contribution in [0.25, 0.3) is 11.8 Å². The molecule has 2 aromatic rings. The predicted molar refractivity (Wildman–Crippen MR) is 136 cm³/mol. The van der Waals surface area contributed by atoms with Crippen LogP contribution in [0, 0.1) is 32.1 Å². The summed E-state index contributed by atoms with van der Waals surface area (Å²) in [6, 6.07) is 8.07. The monoisotopic (exact) mass is 463 g/mol. The highest BCUT2D eigenvalue weighted by atomic mass is 32.2. The number of nitrogens with zero attached hydrogens (tertiary/aromatic N) is 4. The van der Waals surface area contributed by atoms with Crippen molar-refractivity contribution in [2.75, 3.05) is 7.11 Å². The summed E-state index contributed by atoms with van der Waals surface area (Å²) in [5.41, 5.74) is 5.13. The summed E-state index contributed by atoms with van der Waals surface area (Å²) >= 11 is 1.40. The number of carbonyl (C=O) groups is 1. The molecule has 3 heterocycles. The zero-order valence-electron chi connectivity index (χ0n) is 19.9. The van der Waals surface area contributed by atoms with E-state index in [9.17, 15) is 4.79 Å². The average Bonchev–Trinajstić information content (AvgIpc) is 3.32. The summed E-state index contributed by atoms with van der Waals surface area (Å²) in [4.78, 5) is 17.1. The Kier molecular flexibility index (Phi) is 6.30. The van der Waals surface area contributed by atoms with Crippen LogP contribution < -0.4 is 4.74 Å². The number of carbonyl (C=O) groups excluding carboxylic acids is 1. The number of aliphatic imine (C=N–C) groups is 1. The van der Waals surface area contributed by atoms with Crippen LogP contribution in [0.3, 0.4) is 0 Å². The number of amidine groups is 2. The molecule has 33 heavy (non-hydrogen) atoms. The molecule has 1 amide bonds. The third-order valence-corrected chi connectivity index (χ3v) is 7.22. The minimum Gasteiger partial charge on any atom is -0.495 e. The molecular formula is C25H29N5O2S. The van der Waals surface area contributed by atoms with Crippen LogP contribution in [0.1, 0.15) is 49.2 Å². The Morgan fingerprint density at radius 1 is 1.18 bits per heavy atom. The van der Waals surface area contributed by atoms with Crippen molar-refractivity contribution >= 4 is 39.8 Å². The highest BCUT2D eigenvalue weighted by Crippen LogP contribution is 2.34. The molecule has 7 nitrogen and oxygen atoms in total. The van der Waals surface area contributed by atoms with Gasteiger partial charge < -0.3 is 9.30 Å². The number of rotatable bonds is 6. The number of hydrazone groups is 1. The van der Waals surface area contributed by atoms with E-state index in [1.807, 2.05) is 39.0 Å². The van der Waals surface area contributed by atoms with E-state index in [4.69, 9.17) is 10.1 Å². The SMILES string of the molecule is CCC(CC)C1=NN2C(=N)/C(=C/c3cc(C)n(-c4cc(C)ccc4OC)c3C)C(=O)N=C2S1. The Balaban J connectivity index is 1.74. The van der Waals surface area contributed by atoms with Crippen LogP contribution in [-0.4, -0.2) is 38.6 Å². The number of methoxy groups -OCH3 is 1. The first-order valence-electron chi connectivity index (χ1n) is 11.1. The molecule has 2 aliphatic heterocycles. The Labute approximate surface area is 198 Å². The van der Waals surface area contributed by atoms with Crippen molar-refractivity contribution in [2.45, 2.75) is 47.5 Å². The number of nitrogens with one attached hydrogen (secondary N) is 1. The number of fused-ring (bicyclic) bond motifs is 1. The van der Waals surface area contributed by atoms with E-state index >= 15 is 0 Å². The first-order valence-corrected chi connectivity index (χ1v) is 11.9. The van der Waals surface area contributed by atoms with Crippen LogP contribution in [0.4, 0.5) is 0 Å². The van der Waals surface area contributed by atoms with Crippen LogP contribution in [0.15, 0.2) is 39.9 Å². The summed E-state index contributed by atoms with van der Waals surface area (Å²) in [7, 11) is 1.66. The number of aryl methyl sites for hydroxylation is 2. The van der Waals surface area contributed by atoms with Crippen molar-refractivity contribution in [2.24, 2.45) is 16.0 Å². The topological polar surface area (TPSA) is 83.0 Å². The van der Waals surface area contributed by atoms with Gasteiger partial charge in [0.05, 0.1) is 18.4 Å². The average molecular weight is 464 g/mol. The third-order valence-electron chi connectivity index (χ3n) is 6.15. The summed E-state index contributed by atoms with van der Waals surface area (Å²) in [5, 5.41) is 16.2. The molecule has 1 N–H and O–H groups in total. The molecule has 0 bridgehead atoms. The van der Waals surface area contributed by atoms with Crippen LogP contribution in [0.2, 0.25) is 0 Å². The first kappa shape index (κ1) is 23.0. The van der Waals surface area contributed by atoms with Gasteiger partial charge in [-0.3, -0.25) is 10.2 Å². The van der Waals surface area contributed by atoms with Crippen LogP contribution >= 0.6 is 11.8 Å². The Morgan fingerprint density at radius 3 is 2.58 bits per heavy atom. The second kappa shape index (κ2) is 9.02. The smallest absolute Gasteiger partial charge is 0.283 e. The minimum atomic E-state index is -0.405. The number of ether oxygens (including phenoxy) is 1. The van der Waals surface area contributed by atoms with E-state index in [0.717, 1.165) is 51.8 Å². The molecule has 0 radical (unpaired) electrons. The molecule has 0 aliphatic carbocycles. The summed E-state index contributed by atoms with van der Waals surface area (Å²) in [6.45, 7) is 10.3.